The highest BCUT2D eigenvalue weighted by Gasteiger charge is 2.28. The standard InChI is InChI=1S/C19H26N6O2S/c1-3-18-20-12-15-6-7-24(14-17(15)22-18)19-5-4-16(13-21-19)28(26,27)25-10-8-23(2)9-11-25/h4-5,12-13H,3,6-11,14H2,1-2H3. The first-order valence-corrected chi connectivity index (χ1v) is 11.1. The Bertz CT molecular complexity index is 939. The summed E-state index contributed by atoms with van der Waals surface area (Å²) in [7, 11) is -1.48. The molecular weight excluding hydrogens is 376 g/mol. The zero-order valence-electron chi connectivity index (χ0n) is 16.4. The molecule has 1 fully saturated rings. The topological polar surface area (TPSA) is 82.5 Å². The predicted octanol–water partition coefficient (Wildman–Crippen LogP) is 0.933. The largest absolute Gasteiger partial charge is 0.350 e. The number of aryl methyl sites for hydroxylation is 1. The van der Waals surface area contributed by atoms with Crippen molar-refractivity contribution in [2.45, 2.75) is 31.2 Å². The van der Waals surface area contributed by atoms with Crippen molar-refractivity contribution in [1.82, 2.24) is 24.2 Å². The number of hydrogen-bond acceptors (Lipinski definition) is 7. The Labute approximate surface area is 166 Å². The summed E-state index contributed by atoms with van der Waals surface area (Å²) in [6.07, 6.45) is 5.08. The van der Waals surface area contributed by atoms with Gasteiger partial charge in [0.1, 0.15) is 16.5 Å². The fourth-order valence-corrected chi connectivity index (χ4v) is 4.97. The Balaban J connectivity index is 1.50. The van der Waals surface area contributed by atoms with E-state index in [1.165, 1.54) is 11.8 Å². The predicted molar refractivity (Wildman–Crippen MR) is 107 cm³/mol. The zero-order valence-corrected chi connectivity index (χ0v) is 17.2. The summed E-state index contributed by atoms with van der Waals surface area (Å²) >= 11 is 0. The molecule has 4 heterocycles. The fraction of sp³-hybridized carbons (Fsp3) is 0.526. The quantitative estimate of drug-likeness (QED) is 0.752. The maximum absolute atomic E-state index is 12.9. The molecule has 150 valence electrons. The molecule has 0 radical (unpaired) electrons. The monoisotopic (exact) mass is 402 g/mol. The van der Waals surface area contributed by atoms with Crippen LogP contribution in [0.2, 0.25) is 0 Å². The van der Waals surface area contributed by atoms with Crippen LogP contribution in [0.25, 0.3) is 0 Å². The number of fused-ring (bicyclic) bond motifs is 1. The summed E-state index contributed by atoms with van der Waals surface area (Å²) < 4.78 is 27.3. The fourth-order valence-electron chi connectivity index (χ4n) is 3.60. The number of likely N-dealkylation sites (N-methyl/N-ethyl adjacent to an activating group) is 1. The molecule has 2 aliphatic heterocycles. The van der Waals surface area contributed by atoms with Crippen LogP contribution in [0.5, 0.6) is 0 Å². The van der Waals surface area contributed by atoms with Gasteiger partial charge >= 0.3 is 0 Å². The third-order valence-corrected chi connectivity index (χ3v) is 7.34. The summed E-state index contributed by atoms with van der Waals surface area (Å²) in [6.45, 7) is 6.07. The van der Waals surface area contributed by atoms with Gasteiger partial charge in [-0.05, 0) is 31.2 Å². The van der Waals surface area contributed by atoms with E-state index in [-0.39, 0.29) is 4.90 Å². The van der Waals surface area contributed by atoms with Crippen molar-refractivity contribution in [1.29, 1.82) is 0 Å². The second-order valence-corrected chi connectivity index (χ2v) is 9.28. The minimum Gasteiger partial charge on any atom is -0.350 e. The molecule has 0 aliphatic carbocycles. The molecule has 2 aromatic heterocycles. The van der Waals surface area contributed by atoms with Gasteiger partial charge in [0.15, 0.2) is 0 Å². The highest BCUT2D eigenvalue weighted by molar-refractivity contribution is 7.89. The summed E-state index contributed by atoms with van der Waals surface area (Å²) in [5.41, 5.74) is 2.22. The van der Waals surface area contributed by atoms with Gasteiger partial charge in [-0.15, -0.1) is 0 Å². The van der Waals surface area contributed by atoms with Crippen LogP contribution in [0.1, 0.15) is 24.0 Å². The van der Waals surface area contributed by atoms with Crippen LogP contribution in [0, 0.1) is 0 Å². The molecule has 0 atom stereocenters. The van der Waals surface area contributed by atoms with Crippen molar-refractivity contribution >= 4 is 15.8 Å². The van der Waals surface area contributed by atoms with Crippen molar-refractivity contribution in [3.8, 4) is 0 Å². The number of hydrogen-bond donors (Lipinski definition) is 0. The van der Waals surface area contributed by atoms with E-state index in [1.54, 1.807) is 16.4 Å². The number of anilines is 1. The lowest BCUT2D eigenvalue weighted by atomic mass is 10.1. The number of nitrogens with zero attached hydrogens (tertiary/aromatic N) is 6. The van der Waals surface area contributed by atoms with Gasteiger partial charge in [0, 0.05) is 51.5 Å². The number of pyridine rings is 1. The zero-order chi connectivity index (χ0) is 19.7. The Kier molecular flexibility index (Phi) is 5.31. The van der Waals surface area contributed by atoms with E-state index in [0.29, 0.717) is 19.6 Å². The molecule has 8 nitrogen and oxygen atoms in total. The van der Waals surface area contributed by atoms with Crippen LogP contribution in [0.4, 0.5) is 5.82 Å². The summed E-state index contributed by atoms with van der Waals surface area (Å²) in [5, 5.41) is 0. The molecule has 0 aromatic carbocycles. The lowest BCUT2D eigenvalue weighted by Gasteiger charge is -2.32. The van der Waals surface area contributed by atoms with Crippen molar-refractivity contribution in [2.24, 2.45) is 0 Å². The molecule has 28 heavy (non-hydrogen) atoms. The van der Waals surface area contributed by atoms with Gasteiger partial charge in [-0.1, -0.05) is 6.92 Å². The molecule has 0 bridgehead atoms. The third kappa shape index (κ3) is 3.74. The van der Waals surface area contributed by atoms with E-state index in [1.807, 2.05) is 20.2 Å². The minimum absolute atomic E-state index is 0.258. The Morgan fingerprint density at radius 2 is 1.82 bits per heavy atom. The van der Waals surface area contributed by atoms with Gasteiger partial charge in [0.2, 0.25) is 10.0 Å². The molecule has 9 heteroatoms. The molecule has 0 amide bonds. The number of aromatic nitrogens is 3. The molecule has 0 unspecified atom stereocenters. The van der Waals surface area contributed by atoms with Crippen molar-refractivity contribution in [2.75, 3.05) is 44.7 Å². The molecule has 0 N–H and O–H groups in total. The summed E-state index contributed by atoms with van der Waals surface area (Å²) in [4.78, 5) is 18.0. The van der Waals surface area contributed by atoms with Gasteiger partial charge in [-0.2, -0.15) is 4.31 Å². The Morgan fingerprint density at radius 1 is 1.04 bits per heavy atom. The van der Waals surface area contributed by atoms with E-state index in [0.717, 1.165) is 49.8 Å². The number of piperazine rings is 1. The lowest BCUT2D eigenvalue weighted by Crippen LogP contribution is -2.47. The lowest BCUT2D eigenvalue weighted by molar-refractivity contribution is 0.222. The average molecular weight is 403 g/mol. The van der Waals surface area contributed by atoms with E-state index in [2.05, 4.69) is 24.8 Å². The highest BCUT2D eigenvalue weighted by Crippen LogP contribution is 2.24. The molecule has 0 spiro atoms. The van der Waals surface area contributed by atoms with Crippen LogP contribution in [0.15, 0.2) is 29.4 Å². The Morgan fingerprint density at radius 3 is 2.50 bits per heavy atom. The second kappa shape index (κ2) is 7.73. The first kappa shape index (κ1) is 19.2. The first-order valence-electron chi connectivity index (χ1n) is 9.70. The molecule has 0 saturated carbocycles. The van der Waals surface area contributed by atoms with E-state index in [9.17, 15) is 8.42 Å². The maximum Gasteiger partial charge on any atom is 0.244 e. The van der Waals surface area contributed by atoms with Gasteiger partial charge in [0.25, 0.3) is 0 Å². The van der Waals surface area contributed by atoms with Gasteiger partial charge < -0.3 is 9.80 Å². The summed E-state index contributed by atoms with van der Waals surface area (Å²) in [6, 6.07) is 3.47. The Hall–Kier alpha value is -2.10. The average Bonchev–Trinajstić information content (AvgIpc) is 2.73. The molecule has 2 aliphatic rings. The first-order chi connectivity index (χ1) is 13.5. The number of rotatable bonds is 4. The smallest absolute Gasteiger partial charge is 0.244 e. The van der Waals surface area contributed by atoms with E-state index < -0.39 is 10.0 Å². The van der Waals surface area contributed by atoms with Crippen LogP contribution >= 0.6 is 0 Å². The van der Waals surface area contributed by atoms with Crippen LogP contribution < -0.4 is 4.90 Å². The van der Waals surface area contributed by atoms with Gasteiger partial charge in [-0.3, -0.25) is 0 Å². The normalized spacial score (nSPS) is 18.9. The highest BCUT2D eigenvalue weighted by atomic mass is 32.2. The van der Waals surface area contributed by atoms with Crippen LogP contribution in [-0.4, -0.2) is 72.3 Å². The second-order valence-electron chi connectivity index (χ2n) is 7.34. The third-order valence-electron chi connectivity index (χ3n) is 5.46. The van der Waals surface area contributed by atoms with Crippen molar-refractivity contribution in [3.05, 3.63) is 41.6 Å². The number of sulfonamides is 1. The van der Waals surface area contributed by atoms with Crippen molar-refractivity contribution < 1.29 is 8.42 Å². The molecule has 1 saturated heterocycles. The van der Waals surface area contributed by atoms with Crippen molar-refractivity contribution in [3.63, 3.8) is 0 Å². The minimum atomic E-state index is -3.49. The molecule has 2 aromatic rings. The summed E-state index contributed by atoms with van der Waals surface area (Å²) in [5.74, 6) is 1.63. The van der Waals surface area contributed by atoms with Crippen LogP contribution in [-0.2, 0) is 29.4 Å². The SMILES string of the molecule is CCc1ncc2c(n1)CN(c1ccc(S(=O)(=O)N3CCN(C)CC3)cn1)CC2. The molecule has 4 rings (SSSR count). The van der Waals surface area contributed by atoms with Gasteiger partial charge in [-0.25, -0.2) is 23.4 Å². The van der Waals surface area contributed by atoms with Gasteiger partial charge in [0.05, 0.1) is 12.2 Å². The van der Waals surface area contributed by atoms with Crippen LogP contribution in [0.3, 0.4) is 0 Å². The van der Waals surface area contributed by atoms with E-state index >= 15 is 0 Å². The van der Waals surface area contributed by atoms with E-state index in [4.69, 9.17) is 0 Å². The maximum atomic E-state index is 12.9. The molecular formula is C19H26N6O2S.